The number of carboxylic acids is 1. The molecule has 2 saturated heterocycles. The number of piperidine rings is 1. The number of hydrogen-bond acceptors (Lipinski definition) is 8. The van der Waals surface area contributed by atoms with Crippen molar-refractivity contribution in [3.05, 3.63) is 131 Å². The zero-order valence-corrected chi connectivity index (χ0v) is 29.0. The molecule has 0 unspecified atom stereocenters. The van der Waals surface area contributed by atoms with E-state index in [1.165, 1.54) is 7.11 Å². The smallest absolute Gasteiger partial charge is 0.417 e. The van der Waals surface area contributed by atoms with Gasteiger partial charge in [-0.15, -0.1) is 0 Å². The Morgan fingerprint density at radius 1 is 0.885 bits per heavy atom. The molecule has 2 aliphatic heterocycles. The Labute approximate surface area is 302 Å². The van der Waals surface area contributed by atoms with Gasteiger partial charge in [-0.2, -0.15) is 0 Å². The number of aliphatic imine (C=N–C) groups is 1. The van der Waals surface area contributed by atoms with Crippen molar-refractivity contribution >= 4 is 35.3 Å². The molecule has 0 aliphatic carbocycles. The van der Waals surface area contributed by atoms with Crippen LogP contribution >= 0.6 is 0 Å². The summed E-state index contributed by atoms with van der Waals surface area (Å²) < 4.78 is 11.0. The molecule has 0 aromatic heterocycles. The third kappa shape index (κ3) is 8.38. The van der Waals surface area contributed by atoms with E-state index in [1.54, 1.807) is 48.5 Å². The summed E-state index contributed by atoms with van der Waals surface area (Å²) in [4.78, 5) is 62.1. The van der Waals surface area contributed by atoms with Crippen LogP contribution in [-0.4, -0.2) is 83.9 Å². The maximum Gasteiger partial charge on any atom is 0.417 e. The standard InChI is InChI=1S/C41H42N4O7/c1-51-35-22-12-10-19-30(35)32(25-37(47)45-34(27-52-41(45)50)28-15-5-2-6-16-28)39(40(48)49)43-38(29-17-7-3-8-18-29)31-20-9-11-21-33(31)42-36(46)26-44-23-13-4-14-24-44/h2-3,5-12,15-22,32,34,39H,4,13-14,23-27H2,1H3,(H,42,46)(H,48,49)/t32-,34-,39+/m1/s1. The van der Waals surface area contributed by atoms with Crippen molar-refractivity contribution in [1.82, 2.24) is 9.80 Å². The average molecular weight is 703 g/mol. The second-order valence-electron chi connectivity index (χ2n) is 12.9. The fraction of sp³-hybridized carbons (Fsp3) is 0.293. The van der Waals surface area contributed by atoms with Crippen LogP contribution < -0.4 is 10.1 Å². The minimum absolute atomic E-state index is 0.0210. The Hall–Kier alpha value is -5.81. The lowest BCUT2D eigenvalue weighted by atomic mass is 9.86. The molecule has 0 radical (unpaired) electrons. The molecule has 3 amide bonds. The van der Waals surface area contributed by atoms with Gasteiger partial charge in [0.25, 0.3) is 0 Å². The molecule has 0 bridgehead atoms. The average Bonchev–Trinajstić information content (AvgIpc) is 3.57. The normalized spacial score (nSPS) is 17.6. The third-order valence-electron chi connectivity index (χ3n) is 9.48. The van der Waals surface area contributed by atoms with Crippen molar-refractivity contribution in [2.24, 2.45) is 4.99 Å². The number of hydrogen-bond donors (Lipinski definition) is 2. The molecule has 11 heteroatoms. The largest absolute Gasteiger partial charge is 0.496 e. The van der Waals surface area contributed by atoms with Crippen LogP contribution in [0.25, 0.3) is 0 Å². The first-order valence-electron chi connectivity index (χ1n) is 17.5. The summed E-state index contributed by atoms with van der Waals surface area (Å²) in [6, 6.07) is 30.0. The van der Waals surface area contributed by atoms with Crippen LogP contribution in [0.3, 0.4) is 0 Å². The first kappa shape index (κ1) is 36.0. The molecule has 2 N–H and O–H groups in total. The van der Waals surface area contributed by atoms with E-state index in [0.717, 1.165) is 37.3 Å². The summed E-state index contributed by atoms with van der Waals surface area (Å²) in [6.07, 6.45) is 2.06. The molecular weight excluding hydrogens is 660 g/mol. The predicted octanol–water partition coefficient (Wildman–Crippen LogP) is 6.30. The molecule has 2 fully saturated rings. The van der Waals surface area contributed by atoms with Crippen LogP contribution in [-0.2, 0) is 19.1 Å². The molecular formula is C41H42N4O7. The number of carbonyl (C=O) groups excluding carboxylic acids is 3. The highest BCUT2D eigenvalue weighted by molar-refractivity contribution is 6.17. The molecule has 0 saturated carbocycles. The molecule has 268 valence electrons. The number of methoxy groups -OCH3 is 1. The first-order valence-corrected chi connectivity index (χ1v) is 17.5. The van der Waals surface area contributed by atoms with Gasteiger partial charge in [0.1, 0.15) is 18.4 Å². The van der Waals surface area contributed by atoms with E-state index < -0.39 is 42.4 Å². The van der Waals surface area contributed by atoms with Gasteiger partial charge in [0.15, 0.2) is 6.04 Å². The molecule has 0 spiro atoms. The Kier molecular flexibility index (Phi) is 11.7. The molecule has 11 nitrogen and oxygen atoms in total. The minimum atomic E-state index is -1.53. The predicted molar refractivity (Wildman–Crippen MR) is 197 cm³/mol. The summed E-state index contributed by atoms with van der Waals surface area (Å²) in [6.45, 7) is 1.93. The summed E-state index contributed by atoms with van der Waals surface area (Å²) in [5.41, 5.74) is 3.08. The van der Waals surface area contributed by atoms with Gasteiger partial charge in [-0.1, -0.05) is 103 Å². The van der Waals surface area contributed by atoms with Crippen LogP contribution in [0.5, 0.6) is 5.75 Å². The number of nitrogens with one attached hydrogen (secondary N) is 1. The monoisotopic (exact) mass is 702 g/mol. The fourth-order valence-electron chi connectivity index (χ4n) is 6.93. The number of amides is 3. The molecule has 6 rings (SSSR count). The minimum Gasteiger partial charge on any atom is -0.496 e. The summed E-state index contributed by atoms with van der Waals surface area (Å²) in [5.74, 6) is -2.78. The second-order valence-corrected chi connectivity index (χ2v) is 12.9. The number of carbonyl (C=O) groups is 4. The van der Waals surface area contributed by atoms with Gasteiger partial charge in [-0.25, -0.2) is 14.5 Å². The SMILES string of the molecule is COc1ccccc1[C@@H](CC(=O)N1C(=O)OC[C@@H]1c1ccccc1)[C@H](N=C(c1ccccc1)c1ccccc1NC(=O)CN1CCCCC1)C(=O)O. The van der Waals surface area contributed by atoms with E-state index in [2.05, 4.69) is 10.2 Å². The number of para-hydroxylation sites is 2. The van der Waals surface area contributed by atoms with Gasteiger partial charge in [0, 0.05) is 29.0 Å². The van der Waals surface area contributed by atoms with E-state index in [4.69, 9.17) is 14.5 Å². The number of ether oxygens (including phenoxy) is 2. The van der Waals surface area contributed by atoms with Gasteiger partial charge < -0.3 is 19.9 Å². The molecule has 4 aromatic rings. The molecule has 2 heterocycles. The number of imide groups is 1. The van der Waals surface area contributed by atoms with E-state index in [1.807, 2.05) is 60.7 Å². The van der Waals surface area contributed by atoms with Crippen molar-refractivity contribution in [2.75, 3.05) is 38.7 Å². The van der Waals surface area contributed by atoms with Gasteiger partial charge in [0.2, 0.25) is 11.8 Å². The van der Waals surface area contributed by atoms with Crippen molar-refractivity contribution < 1.29 is 33.8 Å². The van der Waals surface area contributed by atoms with Crippen molar-refractivity contribution in [1.29, 1.82) is 0 Å². The maximum absolute atomic E-state index is 14.2. The summed E-state index contributed by atoms with van der Waals surface area (Å²) >= 11 is 0. The van der Waals surface area contributed by atoms with Crippen LogP contribution in [0.15, 0.2) is 114 Å². The number of aliphatic carboxylic acids is 1. The molecule has 2 aliphatic rings. The lowest BCUT2D eigenvalue weighted by Crippen LogP contribution is -2.38. The molecule has 4 aromatic carbocycles. The zero-order chi connectivity index (χ0) is 36.5. The highest BCUT2D eigenvalue weighted by Crippen LogP contribution is 2.37. The topological polar surface area (TPSA) is 138 Å². The number of cyclic esters (lactones) is 1. The van der Waals surface area contributed by atoms with Gasteiger partial charge in [0.05, 0.1) is 25.1 Å². The Bertz CT molecular complexity index is 1910. The molecule has 3 atom stereocenters. The summed E-state index contributed by atoms with van der Waals surface area (Å²) in [7, 11) is 1.47. The zero-order valence-electron chi connectivity index (χ0n) is 29.0. The second kappa shape index (κ2) is 16.9. The number of likely N-dealkylation sites (tertiary alicyclic amines) is 1. The van der Waals surface area contributed by atoms with Crippen molar-refractivity contribution in [2.45, 2.75) is 43.7 Å². The number of carboxylic acid groups (broad SMARTS) is 1. The van der Waals surface area contributed by atoms with Crippen LogP contribution in [0, 0.1) is 0 Å². The van der Waals surface area contributed by atoms with Gasteiger partial charge in [-0.3, -0.25) is 19.5 Å². The summed E-state index contributed by atoms with van der Waals surface area (Å²) in [5, 5.41) is 14.0. The fourth-order valence-corrected chi connectivity index (χ4v) is 6.93. The quantitative estimate of drug-likeness (QED) is 0.155. The highest BCUT2D eigenvalue weighted by Gasteiger charge is 2.42. The van der Waals surface area contributed by atoms with E-state index in [0.29, 0.717) is 39.4 Å². The van der Waals surface area contributed by atoms with Crippen LogP contribution in [0.2, 0.25) is 0 Å². The van der Waals surface area contributed by atoms with E-state index in [9.17, 15) is 24.3 Å². The Balaban J connectivity index is 1.42. The van der Waals surface area contributed by atoms with Crippen molar-refractivity contribution in [3.63, 3.8) is 0 Å². The first-order chi connectivity index (χ1) is 25.3. The van der Waals surface area contributed by atoms with E-state index >= 15 is 0 Å². The van der Waals surface area contributed by atoms with Crippen LogP contribution in [0.1, 0.15) is 59.9 Å². The third-order valence-corrected chi connectivity index (χ3v) is 9.48. The van der Waals surface area contributed by atoms with E-state index in [-0.39, 0.29) is 19.1 Å². The maximum atomic E-state index is 14.2. The van der Waals surface area contributed by atoms with Crippen molar-refractivity contribution in [3.8, 4) is 5.75 Å². The van der Waals surface area contributed by atoms with Crippen LogP contribution in [0.4, 0.5) is 10.5 Å². The number of anilines is 1. The number of nitrogens with zero attached hydrogens (tertiary/aromatic N) is 3. The lowest BCUT2D eigenvalue weighted by Gasteiger charge is -2.27. The number of rotatable bonds is 13. The Morgan fingerprint density at radius 3 is 2.25 bits per heavy atom. The van der Waals surface area contributed by atoms with Gasteiger partial charge in [-0.05, 0) is 43.6 Å². The Morgan fingerprint density at radius 2 is 1.54 bits per heavy atom. The molecule has 52 heavy (non-hydrogen) atoms. The lowest BCUT2D eigenvalue weighted by molar-refractivity contribution is -0.139. The number of benzene rings is 4. The van der Waals surface area contributed by atoms with Gasteiger partial charge >= 0.3 is 12.1 Å². The highest BCUT2D eigenvalue weighted by atomic mass is 16.6.